The second kappa shape index (κ2) is 8.97. The van der Waals surface area contributed by atoms with Gasteiger partial charge in [0, 0.05) is 18.6 Å². The van der Waals surface area contributed by atoms with Crippen LogP contribution in [-0.2, 0) is 0 Å². The lowest BCUT2D eigenvalue weighted by molar-refractivity contribution is -0.429. The summed E-state index contributed by atoms with van der Waals surface area (Å²) in [5, 5.41) is 24.5. The molecule has 0 fully saturated rings. The highest BCUT2D eigenvalue weighted by atomic mass is 35.5. The molecule has 0 aromatic heterocycles. The summed E-state index contributed by atoms with van der Waals surface area (Å²) in [5.41, 5.74) is -0.262. The van der Waals surface area contributed by atoms with Crippen molar-refractivity contribution in [3.63, 3.8) is 0 Å². The fraction of sp³-hybridized carbons (Fsp3) is 0.400. The normalized spacial score (nSPS) is 11.6. The van der Waals surface area contributed by atoms with Gasteiger partial charge in [-0.15, -0.1) is 0 Å². The van der Waals surface area contributed by atoms with E-state index in [1.165, 1.54) is 12.1 Å². The maximum Gasteiger partial charge on any atom is 0.270 e. The maximum absolute atomic E-state index is 12.4. The van der Waals surface area contributed by atoms with Crippen LogP contribution in [0.4, 0.5) is 5.69 Å². The van der Waals surface area contributed by atoms with Crippen LogP contribution in [-0.4, -0.2) is 15.8 Å². The third-order valence-electron chi connectivity index (χ3n) is 3.35. The number of nitrogens with zero attached hydrogens (tertiary/aromatic N) is 2. The molecule has 1 N–H and O–H groups in total. The molecule has 0 aliphatic heterocycles. The first-order valence-electron chi connectivity index (χ1n) is 7.43. The molecule has 0 saturated heterocycles. The molecule has 1 amide bonds. The number of carbonyl (C=O) groups excluding carboxylic acids is 1. The Morgan fingerprint density at radius 2 is 1.92 bits per heavy atom. The van der Waals surface area contributed by atoms with Gasteiger partial charge in [-0.25, -0.2) is 0 Å². The zero-order valence-electron chi connectivity index (χ0n) is 13.4. The van der Waals surface area contributed by atoms with Gasteiger partial charge in [0.25, 0.3) is 17.3 Å². The molecule has 130 valence electrons. The number of allylic oxidation sites excluding steroid dienone is 2. The number of benzene rings is 1. The molecule has 0 aliphatic rings. The first kappa shape index (κ1) is 19.6. The number of amides is 1. The molecule has 8 nitrogen and oxygen atoms in total. The van der Waals surface area contributed by atoms with Crippen molar-refractivity contribution in [3.8, 4) is 0 Å². The Kier molecular flexibility index (Phi) is 7.31. The lowest BCUT2D eigenvalue weighted by Gasteiger charge is -2.11. The summed E-state index contributed by atoms with van der Waals surface area (Å²) in [4.78, 5) is 33.2. The Labute approximate surface area is 143 Å². The number of nitro benzene ring substituents is 1. The van der Waals surface area contributed by atoms with E-state index in [0.29, 0.717) is 12.8 Å². The molecule has 24 heavy (non-hydrogen) atoms. The molecule has 0 radical (unpaired) electrons. The van der Waals surface area contributed by atoms with Crippen LogP contribution >= 0.6 is 11.6 Å². The first-order valence-corrected chi connectivity index (χ1v) is 7.81. The number of halogens is 1. The maximum atomic E-state index is 12.4. The predicted octanol–water partition coefficient (Wildman–Crippen LogP) is 4.07. The summed E-state index contributed by atoms with van der Waals surface area (Å²) >= 11 is 5.93. The number of nitro groups is 2. The van der Waals surface area contributed by atoms with Crippen LogP contribution in [0.5, 0.6) is 0 Å². The van der Waals surface area contributed by atoms with Gasteiger partial charge in [0.2, 0.25) is 0 Å². The van der Waals surface area contributed by atoms with Gasteiger partial charge in [-0.05, 0) is 18.9 Å². The molecule has 0 bridgehead atoms. The number of hydrogen-bond donors (Lipinski definition) is 1. The standard InChI is InChI=1S/C15H18ClN3O5/c1-3-5-6-13(14(4-2)19(23)24)17-15(20)11-9-10(18(21)22)7-8-12(11)16/h7-9H,3-6H2,1-2H3,(H,17,20)/b14-13-. The van der Waals surface area contributed by atoms with Gasteiger partial charge in [0.1, 0.15) is 0 Å². The van der Waals surface area contributed by atoms with Gasteiger partial charge < -0.3 is 5.32 Å². The Morgan fingerprint density at radius 3 is 2.42 bits per heavy atom. The summed E-state index contributed by atoms with van der Waals surface area (Å²) in [7, 11) is 0. The van der Waals surface area contributed by atoms with E-state index in [1.54, 1.807) is 6.92 Å². The van der Waals surface area contributed by atoms with Crippen molar-refractivity contribution >= 4 is 23.2 Å². The molecule has 1 aromatic rings. The average Bonchev–Trinajstić information content (AvgIpc) is 2.52. The largest absolute Gasteiger partial charge is 0.320 e. The average molecular weight is 356 g/mol. The molecule has 1 aromatic carbocycles. The minimum atomic E-state index is -0.706. The second-order valence-electron chi connectivity index (χ2n) is 5.01. The smallest absolute Gasteiger partial charge is 0.270 e. The summed E-state index contributed by atoms with van der Waals surface area (Å²) in [5.74, 6) is -0.706. The third-order valence-corrected chi connectivity index (χ3v) is 3.68. The molecular formula is C15H18ClN3O5. The van der Waals surface area contributed by atoms with Crippen molar-refractivity contribution in [1.29, 1.82) is 0 Å². The highest BCUT2D eigenvalue weighted by Crippen LogP contribution is 2.23. The van der Waals surface area contributed by atoms with Gasteiger partial charge in [-0.1, -0.05) is 31.9 Å². The Bertz CT molecular complexity index is 688. The zero-order chi connectivity index (χ0) is 18.3. The number of unbranched alkanes of at least 4 members (excludes halogenated alkanes) is 1. The summed E-state index contributed by atoms with van der Waals surface area (Å²) < 4.78 is 0. The summed E-state index contributed by atoms with van der Waals surface area (Å²) in [6, 6.07) is 3.48. The van der Waals surface area contributed by atoms with Crippen LogP contribution in [0.2, 0.25) is 5.02 Å². The van der Waals surface area contributed by atoms with Crippen molar-refractivity contribution < 1.29 is 14.6 Å². The number of carbonyl (C=O) groups is 1. The van der Waals surface area contributed by atoms with E-state index >= 15 is 0 Å². The van der Waals surface area contributed by atoms with Crippen molar-refractivity contribution in [2.24, 2.45) is 0 Å². The Morgan fingerprint density at radius 1 is 1.25 bits per heavy atom. The van der Waals surface area contributed by atoms with Crippen molar-refractivity contribution in [2.75, 3.05) is 0 Å². The van der Waals surface area contributed by atoms with E-state index in [4.69, 9.17) is 11.6 Å². The van der Waals surface area contributed by atoms with Crippen LogP contribution in [0.3, 0.4) is 0 Å². The highest BCUT2D eigenvalue weighted by molar-refractivity contribution is 6.34. The second-order valence-corrected chi connectivity index (χ2v) is 5.42. The van der Waals surface area contributed by atoms with E-state index in [-0.39, 0.29) is 34.1 Å². The molecule has 0 aliphatic carbocycles. The van der Waals surface area contributed by atoms with Gasteiger partial charge in [-0.2, -0.15) is 0 Å². The van der Waals surface area contributed by atoms with Gasteiger partial charge in [-0.3, -0.25) is 25.0 Å². The van der Waals surface area contributed by atoms with Gasteiger partial charge in [0.05, 0.1) is 26.1 Å². The van der Waals surface area contributed by atoms with Crippen LogP contribution in [0.1, 0.15) is 49.9 Å². The summed E-state index contributed by atoms with van der Waals surface area (Å²) in [6.07, 6.45) is 1.94. The zero-order valence-corrected chi connectivity index (χ0v) is 14.1. The van der Waals surface area contributed by atoms with Gasteiger partial charge in [0.15, 0.2) is 0 Å². The molecule has 0 heterocycles. The number of hydrogen-bond acceptors (Lipinski definition) is 5. The lowest BCUT2D eigenvalue weighted by Crippen LogP contribution is -2.26. The minimum Gasteiger partial charge on any atom is -0.320 e. The number of non-ortho nitro benzene ring substituents is 1. The molecule has 0 unspecified atom stereocenters. The number of rotatable bonds is 8. The first-order chi connectivity index (χ1) is 11.3. The minimum absolute atomic E-state index is 0.0343. The predicted molar refractivity (Wildman–Crippen MR) is 89.4 cm³/mol. The molecular weight excluding hydrogens is 338 g/mol. The van der Waals surface area contributed by atoms with Crippen LogP contribution in [0.15, 0.2) is 29.6 Å². The monoisotopic (exact) mass is 355 g/mol. The Hall–Kier alpha value is -2.48. The Balaban J connectivity index is 3.19. The molecule has 0 spiro atoms. The SMILES string of the molecule is CCCC/C(NC(=O)c1cc([N+](=O)[O-])ccc1Cl)=C(\CC)[N+](=O)[O-]. The molecule has 0 atom stereocenters. The van der Waals surface area contributed by atoms with Crippen LogP contribution < -0.4 is 5.32 Å². The van der Waals surface area contributed by atoms with Crippen molar-refractivity contribution in [1.82, 2.24) is 5.32 Å². The van der Waals surface area contributed by atoms with Gasteiger partial charge >= 0.3 is 0 Å². The van der Waals surface area contributed by atoms with Crippen LogP contribution in [0, 0.1) is 20.2 Å². The molecule has 9 heteroatoms. The molecule has 0 saturated carbocycles. The number of nitrogens with one attached hydrogen (secondary N) is 1. The molecule has 1 rings (SSSR count). The highest BCUT2D eigenvalue weighted by Gasteiger charge is 2.21. The fourth-order valence-corrected chi connectivity index (χ4v) is 2.29. The van der Waals surface area contributed by atoms with Crippen molar-refractivity contribution in [2.45, 2.75) is 39.5 Å². The third kappa shape index (κ3) is 5.02. The topological polar surface area (TPSA) is 115 Å². The van der Waals surface area contributed by atoms with E-state index in [1.807, 2.05) is 6.92 Å². The van der Waals surface area contributed by atoms with E-state index < -0.39 is 15.8 Å². The van der Waals surface area contributed by atoms with Crippen molar-refractivity contribution in [3.05, 3.63) is 60.4 Å². The quantitative estimate of drug-likeness (QED) is 0.557. The van der Waals surface area contributed by atoms with E-state index in [0.717, 1.165) is 12.5 Å². The van der Waals surface area contributed by atoms with E-state index in [9.17, 15) is 25.0 Å². The summed E-state index contributed by atoms with van der Waals surface area (Å²) in [6.45, 7) is 3.55. The van der Waals surface area contributed by atoms with E-state index in [2.05, 4.69) is 5.32 Å². The van der Waals surface area contributed by atoms with Crippen LogP contribution in [0.25, 0.3) is 0 Å². The fourth-order valence-electron chi connectivity index (χ4n) is 2.09. The lowest BCUT2D eigenvalue weighted by atomic mass is 10.1.